The van der Waals surface area contributed by atoms with Gasteiger partial charge < -0.3 is 15.2 Å². The molecule has 2 rings (SSSR count). The van der Waals surface area contributed by atoms with Crippen LogP contribution in [0.25, 0.3) is 0 Å². The second-order valence-corrected chi connectivity index (χ2v) is 4.93. The van der Waals surface area contributed by atoms with E-state index in [0.29, 0.717) is 22.7 Å². The molecule has 0 saturated carbocycles. The highest BCUT2D eigenvalue weighted by Crippen LogP contribution is 2.14. The van der Waals surface area contributed by atoms with E-state index in [1.165, 1.54) is 18.2 Å². The van der Waals surface area contributed by atoms with Crippen LogP contribution in [0.5, 0.6) is 5.75 Å². The zero-order valence-electron chi connectivity index (χ0n) is 12.9. The summed E-state index contributed by atoms with van der Waals surface area (Å²) in [4.78, 5) is 23.0. The Morgan fingerprint density at radius 2 is 1.57 bits per heavy atom. The number of allylic oxidation sites excluding steroid dienone is 2. The Labute approximate surface area is 134 Å². The molecule has 0 radical (unpaired) electrons. The Hall–Kier alpha value is -3.08. The molecule has 23 heavy (non-hydrogen) atoms. The number of rotatable bonds is 6. The summed E-state index contributed by atoms with van der Waals surface area (Å²) in [7, 11) is 1.57. The second-order valence-electron chi connectivity index (χ2n) is 4.93. The zero-order valence-corrected chi connectivity index (χ0v) is 12.9. The lowest BCUT2D eigenvalue weighted by atomic mass is 10.1. The number of ketones is 1. The number of hydrogen-bond donors (Lipinski definition) is 2. The SMILES string of the molecule is COc1ccc(C(=O)/C=C(\C)Nc2ccc(C(=O)O)cc2)cc1. The van der Waals surface area contributed by atoms with Crippen molar-refractivity contribution < 1.29 is 19.4 Å². The van der Waals surface area contributed by atoms with Crippen LogP contribution >= 0.6 is 0 Å². The average molecular weight is 311 g/mol. The fourth-order valence-electron chi connectivity index (χ4n) is 2.00. The maximum absolute atomic E-state index is 12.2. The fourth-order valence-corrected chi connectivity index (χ4v) is 2.00. The summed E-state index contributed by atoms with van der Waals surface area (Å²) in [6.45, 7) is 1.77. The van der Waals surface area contributed by atoms with E-state index >= 15 is 0 Å². The summed E-state index contributed by atoms with van der Waals surface area (Å²) >= 11 is 0. The monoisotopic (exact) mass is 311 g/mol. The van der Waals surface area contributed by atoms with Crippen LogP contribution in [0.15, 0.2) is 60.3 Å². The Morgan fingerprint density at radius 1 is 1.00 bits per heavy atom. The molecule has 0 saturated heterocycles. The molecule has 118 valence electrons. The predicted molar refractivity (Wildman–Crippen MR) is 88.1 cm³/mol. The summed E-state index contributed by atoms with van der Waals surface area (Å²) in [5, 5.41) is 11.9. The van der Waals surface area contributed by atoms with Crippen LogP contribution in [-0.4, -0.2) is 24.0 Å². The molecule has 0 aliphatic carbocycles. The van der Waals surface area contributed by atoms with Crippen LogP contribution in [0.1, 0.15) is 27.6 Å². The van der Waals surface area contributed by atoms with Crippen molar-refractivity contribution in [3.8, 4) is 5.75 Å². The molecule has 0 fully saturated rings. The van der Waals surface area contributed by atoms with Gasteiger partial charge in [0, 0.05) is 23.0 Å². The molecule has 5 nitrogen and oxygen atoms in total. The molecule has 0 bridgehead atoms. The van der Waals surface area contributed by atoms with Gasteiger partial charge in [-0.2, -0.15) is 0 Å². The Morgan fingerprint density at radius 3 is 2.09 bits per heavy atom. The van der Waals surface area contributed by atoms with Crippen molar-refractivity contribution in [2.24, 2.45) is 0 Å². The molecule has 0 aliphatic rings. The Kier molecular flexibility index (Phi) is 5.15. The quantitative estimate of drug-likeness (QED) is 0.630. The molecule has 2 aromatic rings. The van der Waals surface area contributed by atoms with E-state index in [-0.39, 0.29) is 11.3 Å². The molecule has 0 spiro atoms. The molecule has 0 amide bonds. The molecular formula is C18H17NO4. The van der Waals surface area contributed by atoms with Crippen molar-refractivity contribution >= 4 is 17.4 Å². The van der Waals surface area contributed by atoms with Crippen LogP contribution in [-0.2, 0) is 0 Å². The van der Waals surface area contributed by atoms with Crippen molar-refractivity contribution in [2.45, 2.75) is 6.92 Å². The molecule has 0 aliphatic heterocycles. The van der Waals surface area contributed by atoms with Gasteiger partial charge in [0.15, 0.2) is 5.78 Å². The van der Waals surface area contributed by atoms with Gasteiger partial charge in [-0.3, -0.25) is 4.79 Å². The van der Waals surface area contributed by atoms with E-state index in [1.54, 1.807) is 50.4 Å². The number of hydrogen-bond acceptors (Lipinski definition) is 4. The second kappa shape index (κ2) is 7.26. The first kappa shape index (κ1) is 16.3. The van der Waals surface area contributed by atoms with Crippen molar-refractivity contribution in [3.05, 3.63) is 71.4 Å². The van der Waals surface area contributed by atoms with Crippen LogP contribution in [0.3, 0.4) is 0 Å². The standard InChI is InChI=1S/C18H17NO4/c1-12(19-15-7-3-14(4-8-15)18(21)22)11-17(20)13-5-9-16(23-2)10-6-13/h3-11,19H,1-2H3,(H,21,22)/b12-11+. The van der Waals surface area contributed by atoms with Gasteiger partial charge in [0.2, 0.25) is 0 Å². The van der Waals surface area contributed by atoms with E-state index in [0.717, 1.165) is 0 Å². The number of aromatic carboxylic acids is 1. The van der Waals surface area contributed by atoms with Gasteiger partial charge in [0.05, 0.1) is 12.7 Å². The number of ether oxygens (including phenoxy) is 1. The van der Waals surface area contributed by atoms with Crippen LogP contribution in [0.2, 0.25) is 0 Å². The molecular weight excluding hydrogens is 294 g/mol. The Bertz CT molecular complexity index is 731. The zero-order chi connectivity index (χ0) is 16.8. The average Bonchev–Trinajstić information content (AvgIpc) is 2.55. The number of carboxylic acids is 1. The third-order valence-corrected chi connectivity index (χ3v) is 3.20. The number of carbonyl (C=O) groups excluding carboxylic acids is 1. The van der Waals surface area contributed by atoms with Crippen molar-refractivity contribution in [3.63, 3.8) is 0 Å². The fraction of sp³-hybridized carbons (Fsp3) is 0.111. The maximum Gasteiger partial charge on any atom is 0.335 e. The highest BCUT2D eigenvalue weighted by atomic mass is 16.5. The minimum Gasteiger partial charge on any atom is -0.497 e. The van der Waals surface area contributed by atoms with E-state index in [1.807, 2.05) is 0 Å². The largest absolute Gasteiger partial charge is 0.497 e. The van der Waals surface area contributed by atoms with Gasteiger partial charge >= 0.3 is 5.97 Å². The summed E-state index contributed by atoms with van der Waals surface area (Å²) in [6, 6.07) is 13.2. The summed E-state index contributed by atoms with van der Waals surface area (Å²) < 4.78 is 5.05. The number of anilines is 1. The summed E-state index contributed by atoms with van der Waals surface area (Å²) in [5.41, 5.74) is 2.15. The smallest absolute Gasteiger partial charge is 0.335 e. The number of methoxy groups -OCH3 is 1. The third-order valence-electron chi connectivity index (χ3n) is 3.20. The summed E-state index contributed by atoms with van der Waals surface area (Å²) in [5.74, 6) is -0.405. The van der Waals surface area contributed by atoms with E-state index in [2.05, 4.69) is 5.32 Å². The normalized spacial score (nSPS) is 11.0. The minimum absolute atomic E-state index is 0.125. The van der Waals surface area contributed by atoms with Crippen molar-refractivity contribution in [1.82, 2.24) is 0 Å². The lowest BCUT2D eigenvalue weighted by Gasteiger charge is -2.07. The number of carbonyl (C=O) groups is 2. The lowest BCUT2D eigenvalue weighted by molar-refractivity contribution is 0.0696. The summed E-state index contributed by atoms with van der Waals surface area (Å²) in [6.07, 6.45) is 1.49. The molecule has 0 unspecified atom stereocenters. The minimum atomic E-state index is -0.974. The Balaban J connectivity index is 2.06. The van der Waals surface area contributed by atoms with E-state index in [9.17, 15) is 9.59 Å². The molecule has 2 N–H and O–H groups in total. The van der Waals surface area contributed by atoms with Crippen molar-refractivity contribution in [1.29, 1.82) is 0 Å². The topological polar surface area (TPSA) is 75.6 Å². The highest BCUT2D eigenvalue weighted by Gasteiger charge is 2.05. The molecule has 5 heteroatoms. The number of nitrogens with one attached hydrogen (secondary N) is 1. The van der Waals surface area contributed by atoms with Gasteiger partial charge in [-0.25, -0.2) is 4.79 Å². The van der Waals surface area contributed by atoms with Crippen LogP contribution in [0, 0.1) is 0 Å². The first-order valence-electron chi connectivity index (χ1n) is 6.96. The van der Waals surface area contributed by atoms with Gasteiger partial charge in [0.25, 0.3) is 0 Å². The first-order chi connectivity index (χ1) is 11.0. The molecule has 0 aromatic heterocycles. The predicted octanol–water partition coefficient (Wildman–Crippen LogP) is 3.59. The van der Waals surface area contributed by atoms with E-state index in [4.69, 9.17) is 9.84 Å². The third kappa shape index (κ3) is 4.44. The molecule has 2 aromatic carbocycles. The van der Waals surface area contributed by atoms with Crippen LogP contribution < -0.4 is 10.1 Å². The van der Waals surface area contributed by atoms with Gasteiger partial charge in [-0.1, -0.05) is 0 Å². The molecule has 0 atom stereocenters. The lowest BCUT2D eigenvalue weighted by Crippen LogP contribution is -2.02. The highest BCUT2D eigenvalue weighted by molar-refractivity contribution is 6.05. The first-order valence-corrected chi connectivity index (χ1v) is 6.96. The molecule has 0 heterocycles. The van der Waals surface area contributed by atoms with Gasteiger partial charge in [-0.05, 0) is 55.5 Å². The van der Waals surface area contributed by atoms with E-state index < -0.39 is 5.97 Å². The van der Waals surface area contributed by atoms with Crippen molar-refractivity contribution in [2.75, 3.05) is 12.4 Å². The van der Waals surface area contributed by atoms with Gasteiger partial charge in [0.1, 0.15) is 5.75 Å². The van der Waals surface area contributed by atoms with Gasteiger partial charge in [-0.15, -0.1) is 0 Å². The number of carboxylic acid groups (broad SMARTS) is 1. The maximum atomic E-state index is 12.2. The number of benzene rings is 2. The van der Waals surface area contributed by atoms with Crippen LogP contribution in [0.4, 0.5) is 5.69 Å².